The van der Waals surface area contributed by atoms with E-state index in [0.717, 1.165) is 41.3 Å². The second-order valence-electron chi connectivity index (χ2n) is 6.61. The molecule has 2 N–H and O–H groups in total. The highest BCUT2D eigenvalue weighted by Crippen LogP contribution is 2.50. The molecule has 25 heavy (non-hydrogen) atoms. The number of halogens is 2. The molecule has 2 aromatic carbocycles. The zero-order chi connectivity index (χ0) is 17.4. The van der Waals surface area contributed by atoms with Crippen molar-refractivity contribution in [1.82, 2.24) is 10.3 Å². The minimum Gasteiger partial charge on any atom is -0.361 e. The zero-order valence-corrected chi connectivity index (χ0v) is 14.4. The molecule has 0 saturated heterocycles. The lowest BCUT2D eigenvalue weighted by Gasteiger charge is -2.15. The minimum absolute atomic E-state index is 0.0200. The van der Waals surface area contributed by atoms with Gasteiger partial charge in [-0.25, -0.2) is 4.39 Å². The molecule has 0 atom stereocenters. The summed E-state index contributed by atoms with van der Waals surface area (Å²) in [7, 11) is 0. The van der Waals surface area contributed by atoms with E-state index >= 15 is 0 Å². The lowest BCUT2D eigenvalue weighted by atomic mass is 9.94. The van der Waals surface area contributed by atoms with Crippen LogP contribution in [0, 0.1) is 5.82 Å². The average molecular weight is 357 g/mol. The average Bonchev–Trinajstić information content (AvgIpc) is 3.31. The van der Waals surface area contributed by atoms with Crippen LogP contribution < -0.4 is 5.32 Å². The molecule has 1 aliphatic rings. The van der Waals surface area contributed by atoms with Gasteiger partial charge in [0.15, 0.2) is 0 Å². The second kappa shape index (κ2) is 6.19. The van der Waals surface area contributed by atoms with Crippen LogP contribution in [0.25, 0.3) is 10.9 Å². The van der Waals surface area contributed by atoms with E-state index in [0.29, 0.717) is 11.6 Å². The number of carbonyl (C=O) groups is 1. The van der Waals surface area contributed by atoms with E-state index in [1.165, 1.54) is 12.1 Å². The SMILES string of the molecule is O=C(NCCc1ccc(Cl)cc1)C1(c2c[nH]c3ccc(F)cc23)CC1. The van der Waals surface area contributed by atoms with E-state index in [1.54, 1.807) is 6.07 Å². The first-order valence-corrected chi connectivity index (χ1v) is 8.76. The van der Waals surface area contributed by atoms with Gasteiger partial charge < -0.3 is 10.3 Å². The maximum Gasteiger partial charge on any atom is 0.230 e. The predicted octanol–water partition coefficient (Wildman–Crippen LogP) is 4.35. The molecule has 1 heterocycles. The first-order chi connectivity index (χ1) is 12.1. The Morgan fingerprint density at radius 3 is 2.68 bits per heavy atom. The molecular formula is C20H18ClFN2O. The monoisotopic (exact) mass is 356 g/mol. The van der Waals surface area contributed by atoms with Crippen molar-refractivity contribution < 1.29 is 9.18 Å². The van der Waals surface area contributed by atoms with E-state index in [4.69, 9.17) is 11.6 Å². The Morgan fingerprint density at radius 1 is 1.20 bits per heavy atom. The van der Waals surface area contributed by atoms with Crippen molar-refractivity contribution in [1.29, 1.82) is 0 Å². The molecule has 3 aromatic rings. The molecule has 0 spiro atoms. The van der Waals surface area contributed by atoms with Crippen molar-refractivity contribution in [2.24, 2.45) is 0 Å². The van der Waals surface area contributed by atoms with Gasteiger partial charge in [0.25, 0.3) is 0 Å². The maximum absolute atomic E-state index is 13.6. The van der Waals surface area contributed by atoms with Gasteiger partial charge in [0.2, 0.25) is 5.91 Å². The summed E-state index contributed by atoms with van der Waals surface area (Å²) in [4.78, 5) is 15.9. The number of nitrogens with one attached hydrogen (secondary N) is 2. The maximum atomic E-state index is 13.6. The number of aromatic nitrogens is 1. The fourth-order valence-corrected chi connectivity index (χ4v) is 3.50. The van der Waals surface area contributed by atoms with Crippen LogP contribution in [0.2, 0.25) is 5.02 Å². The molecule has 128 valence electrons. The highest BCUT2D eigenvalue weighted by Gasteiger charge is 2.52. The number of carbonyl (C=O) groups excluding carboxylic acids is 1. The Bertz CT molecular complexity index is 929. The van der Waals surface area contributed by atoms with Crippen molar-refractivity contribution in [2.75, 3.05) is 6.54 Å². The lowest BCUT2D eigenvalue weighted by Crippen LogP contribution is -2.35. The van der Waals surface area contributed by atoms with Gasteiger partial charge in [0, 0.05) is 28.7 Å². The number of fused-ring (bicyclic) bond motifs is 1. The summed E-state index contributed by atoms with van der Waals surface area (Å²) in [5, 5.41) is 4.54. The standard InChI is InChI=1S/C20H18ClFN2O/c21-14-3-1-13(2-4-14)7-10-23-19(25)20(8-9-20)17-12-24-18-6-5-15(22)11-16(17)18/h1-6,11-12,24H,7-10H2,(H,23,25). The smallest absolute Gasteiger partial charge is 0.230 e. The highest BCUT2D eigenvalue weighted by molar-refractivity contribution is 6.30. The van der Waals surface area contributed by atoms with E-state index in [-0.39, 0.29) is 11.7 Å². The van der Waals surface area contributed by atoms with Gasteiger partial charge in [0.1, 0.15) is 5.82 Å². The molecule has 4 rings (SSSR count). The van der Waals surface area contributed by atoms with Crippen molar-refractivity contribution >= 4 is 28.4 Å². The van der Waals surface area contributed by atoms with Crippen LogP contribution in [-0.4, -0.2) is 17.4 Å². The molecule has 1 fully saturated rings. The van der Waals surface area contributed by atoms with Crippen LogP contribution in [0.3, 0.4) is 0 Å². The molecule has 0 bridgehead atoms. The van der Waals surface area contributed by atoms with Gasteiger partial charge in [-0.2, -0.15) is 0 Å². The molecule has 0 aliphatic heterocycles. The summed E-state index contributed by atoms with van der Waals surface area (Å²) in [6, 6.07) is 12.3. The van der Waals surface area contributed by atoms with Gasteiger partial charge in [-0.15, -0.1) is 0 Å². The summed E-state index contributed by atoms with van der Waals surface area (Å²) < 4.78 is 13.6. The van der Waals surface area contributed by atoms with Gasteiger partial charge in [-0.05, 0) is 60.7 Å². The van der Waals surface area contributed by atoms with Crippen molar-refractivity contribution in [3.63, 3.8) is 0 Å². The topological polar surface area (TPSA) is 44.9 Å². The van der Waals surface area contributed by atoms with Gasteiger partial charge in [-0.3, -0.25) is 4.79 Å². The van der Waals surface area contributed by atoms with Gasteiger partial charge in [-0.1, -0.05) is 23.7 Å². The van der Waals surface area contributed by atoms with Crippen LogP contribution in [-0.2, 0) is 16.6 Å². The predicted molar refractivity (Wildman–Crippen MR) is 97.3 cm³/mol. The number of amides is 1. The summed E-state index contributed by atoms with van der Waals surface area (Å²) in [6.45, 7) is 0.568. The molecule has 0 unspecified atom stereocenters. The molecule has 1 saturated carbocycles. The zero-order valence-electron chi connectivity index (χ0n) is 13.6. The molecule has 1 amide bonds. The fraction of sp³-hybridized carbons (Fsp3) is 0.250. The Morgan fingerprint density at radius 2 is 1.96 bits per heavy atom. The number of benzene rings is 2. The van der Waals surface area contributed by atoms with Crippen LogP contribution in [0.1, 0.15) is 24.0 Å². The Kier molecular flexibility index (Phi) is 4.00. The lowest BCUT2D eigenvalue weighted by molar-refractivity contribution is -0.123. The second-order valence-corrected chi connectivity index (χ2v) is 7.04. The minimum atomic E-state index is -0.522. The third-order valence-electron chi connectivity index (χ3n) is 4.96. The van der Waals surface area contributed by atoms with Gasteiger partial charge >= 0.3 is 0 Å². The quantitative estimate of drug-likeness (QED) is 0.701. The van der Waals surface area contributed by atoms with E-state index in [1.807, 2.05) is 30.5 Å². The molecule has 3 nitrogen and oxygen atoms in total. The van der Waals surface area contributed by atoms with E-state index in [2.05, 4.69) is 10.3 Å². The Labute approximate surface area is 150 Å². The first-order valence-electron chi connectivity index (χ1n) is 8.38. The van der Waals surface area contributed by atoms with E-state index in [9.17, 15) is 9.18 Å². The number of aromatic amines is 1. The molecule has 1 aliphatic carbocycles. The Hall–Kier alpha value is -2.33. The van der Waals surface area contributed by atoms with Crippen molar-refractivity contribution in [3.05, 3.63) is 70.6 Å². The summed E-state index contributed by atoms with van der Waals surface area (Å²) in [5.74, 6) is -0.265. The normalized spacial score (nSPS) is 15.3. The van der Waals surface area contributed by atoms with Crippen LogP contribution >= 0.6 is 11.6 Å². The molecular weight excluding hydrogens is 339 g/mol. The molecule has 5 heteroatoms. The number of H-pyrrole nitrogens is 1. The molecule has 0 radical (unpaired) electrons. The number of hydrogen-bond acceptors (Lipinski definition) is 1. The van der Waals surface area contributed by atoms with Crippen LogP contribution in [0.4, 0.5) is 4.39 Å². The third-order valence-corrected chi connectivity index (χ3v) is 5.21. The summed E-state index contributed by atoms with van der Waals surface area (Å²) >= 11 is 5.88. The first kappa shape index (κ1) is 16.2. The van der Waals surface area contributed by atoms with Crippen LogP contribution in [0.15, 0.2) is 48.7 Å². The van der Waals surface area contributed by atoms with E-state index < -0.39 is 5.41 Å². The Balaban J connectivity index is 1.47. The fourth-order valence-electron chi connectivity index (χ4n) is 3.37. The summed E-state index contributed by atoms with van der Waals surface area (Å²) in [5.41, 5.74) is 2.36. The number of rotatable bonds is 5. The number of hydrogen-bond donors (Lipinski definition) is 2. The molecule has 1 aromatic heterocycles. The van der Waals surface area contributed by atoms with Crippen molar-refractivity contribution in [3.8, 4) is 0 Å². The van der Waals surface area contributed by atoms with Crippen LogP contribution in [0.5, 0.6) is 0 Å². The highest BCUT2D eigenvalue weighted by atomic mass is 35.5. The van der Waals surface area contributed by atoms with Gasteiger partial charge in [0.05, 0.1) is 5.41 Å². The van der Waals surface area contributed by atoms with Crippen molar-refractivity contribution in [2.45, 2.75) is 24.7 Å². The third kappa shape index (κ3) is 3.02. The largest absolute Gasteiger partial charge is 0.361 e. The summed E-state index contributed by atoms with van der Waals surface area (Å²) in [6.07, 6.45) is 4.18.